The zero-order valence-electron chi connectivity index (χ0n) is 13.2. The zero-order valence-corrected chi connectivity index (χ0v) is 13.2. The Hall–Kier alpha value is -1.74. The minimum absolute atomic E-state index is 0.422. The monoisotopic (exact) mass is 322 g/mol. The molecular formula is C15H22N4O4. The number of aliphatic hydroxyl groups is 1. The number of nitrogens with zero attached hydrogens (tertiary/aromatic N) is 4. The van der Waals surface area contributed by atoms with Gasteiger partial charge in [0.15, 0.2) is 0 Å². The van der Waals surface area contributed by atoms with Gasteiger partial charge in [0, 0.05) is 26.2 Å². The summed E-state index contributed by atoms with van der Waals surface area (Å²) < 4.78 is 15.5. The summed E-state index contributed by atoms with van der Waals surface area (Å²) in [6.45, 7) is 4.91. The summed E-state index contributed by atoms with van der Waals surface area (Å²) in [7, 11) is 1.92. The van der Waals surface area contributed by atoms with Crippen LogP contribution in [0.1, 0.15) is 5.89 Å². The molecule has 0 saturated carbocycles. The van der Waals surface area contributed by atoms with Crippen LogP contribution >= 0.6 is 0 Å². The van der Waals surface area contributed by atoms with Crippen LogP contribution < -0.4 is 0 Å². The van der Waals surface area contributed by atoms with Crippen molar-refractivity contribution in [3.63, 3.8) is 0 Å². The highest BCUT2D eigenvalue weighted by Crippen LogP contribution is 2.16. The number of hydrogen-bond donors (Lipinski definition) is 1. The fourth-order valence-corrected chi connectivity index (χ4v) is 2.62. The molecule has 1 N–H and O–H groups in total. The molecule has 1 atom stereocenters. The molecule has 126 valence electrons. The lowest BCUT2D eigenvalue weighted by Gasteiger charge is -2.29. The number of rotatable bonds is 7. The van der Waals surface area contributed by atoms with Crippen LogP contribution in [0.2, 0.25) is 0 Å². The summed E-state index contributed by atoms with van der Waals surface area (Å²) in [6, 6.07) is 1.78. The number of furan rings is 1. The summed E-state index contributed by atoms with van der Waals surface area (Å²) in [5, 5.41) is 14.1. The first kappa shape index (κ1) is 16.1. The van der Waals surface area contributed by atoms with Crippen LogP contribution in [-0.2, 0) is 11.3 Å². The van der Waals surface area contributed by atoms with E-state index in [2.05, 4.69) is 15.0 Å². The van der Waals surface area contributed by atoms with Crippen LogP contribution in [0.15, 0.2) is 27.5 Å². The number of morpholine rings is 1. The predicted octanol–water partition coefficient (Wildman–Crippen LogP) is 0.454. The minimum atomic E-state index is -0.422. The van der Waals surface area contributed by atoms with Crippen LogP contribution in [0.4, 0.5) is 0 Å². The highest BCUT2D eigenvalue weighted by molar-refractivity contribution is 5.51. The molecule has 3 heterocycles. The van der Waals surface area contributed by atoms with E-state index < -0.39 is 6.10 Å². The van der Waals surface area contributed by atoms with E-state index >= 15 is 0 Å². The summed E-state index contributed by atoms with van der Waals surface area (Å²) in [6.07, 6.45) is 2.72. The van der Waals surface area contributed by atoms with Crippen molar-refractivity contribution in [2.75, 3.05) is 46.4 Å². The van der Waals surface area contributed by atoms with Crippen molar-refractivity contribution in [3.8, 4) is 11.4 Å². The highest BCUT2D eigenvalue weighted by atomic mass is 16.5. The van der Waals surface area contributed by atoms with E-state index in [1.165, 1.54) is 0 Å². The first-order chi connectivity index (χ1) is 11.2. The van der Waals surface area contributed by atoms with Gasteiger partial charge in [0.25, 0.3) is 0 Å². The van der Waals surface area contributed by atoms with E-state index in [-0.39, 0.29) is 0 Å². The van der Waals surface area contributed by atoms with Crippen LogP contribution in [0.3, 0.4) is 0 Å². The third kappa shape index (κ3) is 4.61. The molecule has 2 aromatic rings. The number of β-amino-alcohol motifs (C(OH)–C–C–N with tert-alkyl or cyclic N) is 1. The lowest BCUT2D eigenvalue weighted by atomic mass is 10.3. The molecule has 2 aromatic heterocycles. The molecule has 0 aromatic carbocycles. The maximum absolute atomic E-state index is 10.2. The van der Waals surface area contributed by atoms with Crippen molar-refractivity contribution in [1.82, 2.24) is 19.9 Å². The van der Waals surface area contributed by atoms with E-state index in [0.717, 1.165) is 31.9 Å². The maximum atomic E-state index is 10.2. The Kier molecular flexibility index (Phi) is 5.39. The third-order valence-electron chi connectivity index (χ3n) is 3.75. The van der Waals surface area contributed by atoms with Crippen molar-refractivity contribution >= 4 is 0 Å². The van der Waals surface area contributed by atoms with Gasteiger partial charge < -0.3 is 18.8 Å². The van der Waals surface area contributed by atoms with Crippen molar-refractivity contribution in [2.45, 2.75) is 12.6 Å². The van der Waals surface area contributed by atoms with E-state index in [0.29, 0.717) is 31.3 Å². The molecule has 1 saturated heterocycles. The summed E-state index contributed by atoms with van der Waals surface area (Å²) in [5.41, 5.74) is 0.787. The minimum Gasteiger partial charge on any atom is -0.472 e. The first-order valence-electron chi connectivity index (χ1n) is 7.72. The van der Waals surface area contributed by atoms with Gasteiger partial charge in [0.2, 0.25) is 11.7 Å². The van der Waals surface area contributed by atoms with Gasteiger partial charge in [-0.3, -0.25) is 9.80 Å². The second-order valence-corrected chi connectivity index (χ2v) is 5.79. The number of ether oxygens (including phenoxy) is 1. The van der Waals surface area contributed by atoms with Gasteiger partial charge in [0.1, 0.15) is 6.26 Å². The van der Waals surface area contributed by atoms with Crippen molar-refractivity contribution in [1.29, 1.82) is 0 Å². The van der Waals surface area contributed by atoms with Crippen molar-refractivity contribution in [2.24, 2.45) is 0 Å². The van der Waals surface area contributed by atoms with Gasteiger partial charge in [0.05, 0.1) is 37.7 Å². The highest BCUT2D eigenvalue weighted by Gasteiger charge is 2.18. The fraction of sp³-hybridized carbons (Fsp3) is 0.600. The molecule has 0 bridgehead atoms. The summed E-state index contributed by atoms with van der Waals surface area (Å²) >= 11 is 0. The molecule has 23 heavy (non-hydrogen) atoms. The lowest BCUT2D eigenvalue weighted by Crippen LogP contribution is -2.43. The second kappa shape index (κ2) is 7.69. The number of likely N-dealkylation sites (N-methyl/N-ethyl adjacent to an activating group) is 1. The van der Waals surface area contributed by atoms with Crippen LogP contribution in [0.25, 0.3) is 11.4 Å². The Balaban J connectivity index is 1.46. The Morgan fingerprint density at radius 3 is 2.96 bits per heavy atom. The fourth-order valence-electron chi connectivity index (χ4n) is 2.62. The number of hydrogen-bond acceptors (Lipinski definition) is 8. The van der Waals surface area contributed by atoms with E-state index in [1.807, 2.05) is 11.9 Å². The summed E-state index contributed by atoms with van der Waals surface area (Å²) in [4.78, 5) is 8.51. The molecule has 1 aliphatic heterocycles. The average Bonchev–Trinajstić information content (AvgIpc) is 3.18. The molecule has 1 aliphatic rings. The van der Waals surface area contributed by atoms with Crippen LogP contribution in [0.5, 0.6) is 0 Å². The molecular weight excluding hydrogens is 300 g/mol. The maximum Gasteiger partial charge on any atom is 0.241 e. The number of aromatic nitrogens is 2. The molecule has 1 fully saturated rings. The zero-order chi connectivity index (χ0) is 16.1. The van der Waals surface area contributed by atoms with Gasteiger partial charge in [-0.1, -0.05) is 5.16 Å². The normalized spacial score (nSPS) is 17.7. The molecule has 3 rings (SSSR count). The average molecular weight is 322 g/mol. The smallest absolute Gasteiger partial charge is 0.241 e. The second-order valence-electron chi connectivity index (χ2n) is 5.79. The Morgan fingerprint density at radius 2 is 2.22 bits per heavy atom. The van der Waals surface area contributed by atoms with Gasteiger partial charge >= 0.3 is 0 Å². The largest absolute Gasteiger partial charge is 0.472 e. The molecule has 0 spiro atoms. The van der Waals surface area contributed by atoms with Crippen molar-refractivity contribution < 1.29 is 18.8 Å². The first-order valence-corrected chi connectivity index (χ1v) is 7.72. The Morgan fingerprint density at radius 1 is 1.39 bits per heavy atom. The van der Waals surface area contributed by atoms with Gasteiger partial charge in [-0.15, -0.1) is 0 Å². The van der Waals surface area contributed by atoms with E-state index in [1.54, 1.807) is 18.6 Å². The van der Waals surface area contributed by atoms with Crippen LogP contribution in [-0.4, -0.2) is 77.6 Å². The SMILES string of the molecule is CN(Cc1nc(-c2ccoc2)no1)CC(O)CN1CCOCC1. The van der Waals surface area contributed by atoms with Gasteiger partial charge in [-0.2, -0.15) is 4.98 Å². The quantitative estimate of drug-likeness (QED) is 0.786. The molecule has 1 unspecified atom stereocenters. The molecule has 8 nitrogen and oxygen atoms in total. The number of aliphatic hydroxyl groups excluding tert-OH is 1. The van der Waals surface area contributed by atoms with Gasteiger partial charge in [-0.05, 0) is 13.1 Å². The molecule has 0 aliphatic carbocycles. The van der Waals surface area contributed by atoms with Crippen molar-refractivity contribution in [3.05, 3.63) is 24.5 Å². The molecule has 8 heteroatoms. The summed E-state index contributed by atoms with van der Waals surface area (Å²) in [5.74, 6) is 1.03. The molecule has 0 amide bonds. The topological polar surface area (TPSA) is 88.0 Å². The Bertz CT molecular complexity index is 580. The Labute approximate surface area is 134 Å². The predicted molar refractivity (Wildman–Crippen MR) is 81.6 cm³/mol. The lowest BCUT2D eigenvalue weighted by molar-refractivity contribution is 0.00773. The standard InChI is InChI=1S/C15H22N4O4/c1-18(8-13(20)9-19-3-6-21-7-4-19)10-14-16-15(17-23-14)12-2-5-22-11-12/h2,5,11,13,20H,3-4,6-10H2,1H3. The third-order valence-corrected chi connectivity index (χ3v) is 3.75. The van der Waals surface area contributed by atoms with Gasteiger partial charge in [-0.25, -0.2) is 0 Å². The van der Waals surface area contributed by atoms with Crippen LogP contribution in [0, 0.1) is 0 Å². The molecule has 0 radical (unpaired) electrons. The van der Waals surface area contributed by atoms with E-state index in [4.69, 9.17) is 13.7 Å². The van der Waals surface area contributed by atoms with E-state index in [9.17, 15) is 5.11 Å².